The van der Waals surface area contributed by atoms with Crippen LogP contribution in [0.15, 0.2) is 16.9 Å². The lowest BCUT2D eigenvalue weighted by molar-refractivity contribution is -0.127. The predicted octanol–water partition coefficient (Wildman–Crippen LogP) is 0.716. The minimum atomic E-state index is -0.151. The van der Waals surface area contributed by atoms with Crippen LogP contribution in [0.5, 0.6) is 0 Å². The third kappa shape index (κ3) is 4.04. The van der Waals surface area contributed by atoms with E-state index in [2.05, 4.69) is 15.0 Å². The van der Waals surface area contributed by atoms with E-state index in [1.165, 1.54) is 6.26 Å². The van der Waals surface area contributed by atoms with Crippen LogP contribution < -0.4 is 5.32 Å². The van der Waals surface area contributed by atoms with Gasteiger partial charge in [0.1, 0.15) is 18.6 Å². The molecule has 0 aliphatic rings. The Morgan fingerprint density at radius 2 is 2.50 bits per heavy atom. The summed E-state index contributed by atoms with van der Waals surface area (Å²) in [6.45, 7) is 4.21. The maximum absolute atomic E-state index is 11.1. The summed E-state index contributed by atoms with van der Waals surface area (Å²) < 4.78 is 9.73. The standard InChI is InChI=1S/C9H14N2O3/c1-7(2)13-6-9(12)10-5-8-3-4-14-11-8/h3-4,7H,5-6H2,1-2H3,(H,10,12). The van der Waals surface area contributed by atoms with Crippen LogP contribution in [-0.4, -0.2) is 23.8 Å². The highest BCUT2D eigenvalue weighted by Gasteiger charge is 2.03. The largest absolute Gasteiger partial charge is 0.369 e. The van der Waals surface area contributed by atoms with Gasteiger partial charge in [-0.25, -0.2) is 0 Å². The zero-order valence-electron chi connectivity index (χ0n) is 8.32. The lowest BCUT2D eigenvalue weighted by Crippen LogP contribution is -2.28. The fourth-order valence-electron chi connectivity index (χ4n) is 0.811. The van der Waals surface area contributed by atoms with Crippen LogP contribution in [0.4, 0.5) is 0 Å². The van der Waals surface area contributed by atoms with Gasteiger partial charge in [0.2, 0.25) is 5.91 Å². The van der Waals surface area contributed by atoms with Gasteiger partial charge in [-0.1, -0.05) is 5.16 Å². The van der Waals surface area contributed by atoms with Crippen molar-refractivity contribution in [1.29, 1.82) is 0 Å². The molecule has 0 radical (unpaired) electrons. The zero-order valence-corrected chi connectivity index (χ0v) is 8.32. The summed E-state index contributed by atoms with van der Waals surface area (Å²) in [6.07, 6.45) is 1.53. The molecule has 1 rings (SSSR count). The molecule has 1 amide bonds. The fraction of sp³-hybridized carbons (Fsp3) is 0.556. The van der Waals surface area contributed by atoms with E-state index >= 15 is 0 Å². The van der Waals surface area contributed by atoms with Crippen molar-refractivity contribution in [3.63, 3.8) is 0 Å². The Morgan fingerprint density at radius 3 is 3.07 bits per heavy atom. The lowest BCUT2D eigenvalue weighted by Gasteiger charge is -2.06. The Balaban J connectivity index is 2.15. The number of hydrogen-bond donors (Lipinski definition) is 1. The highest BCUT2D eigenvalue weighted by Crippen LogP contribution is 1.93. The van der Waals surface area contributed by atoms with Gasteiger partial charge in [-0.15, -0.1) is 0 Å². The lowest BCUT2D eigenvalue weighted by atomic mass is 10.4. The number of nitrogens with zero attached hydrogens (tertiary/aromatic N) is 1. The van der Waals surface area contributed by atoms with Crippen molar-refractivity contribution in [3.05, 3.63) is 18.0 Å². The summed E-state index contributed by atoms with van der Waals surface area (Å²) >= 11 is 0. The Hall–Kier alpha value is -1.36. The van der Waals surface area contributed by atoms with E-state index in [9.17, 15) is 4.79 Å². The van der Waals surface area contributed by atoms with Gasteiger partial charge in [-0.05, 0) is 13.8 Å². The highest BCUT2D eigenvalue weighted by molar-refractivity contribution is 5.77. The average molecular weight is 198 g/mol. The number of aromatic nitrogens is 1. The van der Waals surface area contributed by atoms with E-state index in [4.69, 9.17) is 4.74 Å². The predicted molar refractivity (Wildman–Crippen MR) is 49.4 cm³/mol. The van der Waals surface area contributed by atoms with Crippen LogP contribution in [0.2, 0.25) is 0 Å². The Morgan fingerprint density at radius 1 is 1.71 bits per heavy atom. The quantitative estimate of drug-likeness (QED) is 0.757. The molecule has 0 aromatic carbocycles. The summed E-state index contributed by atoms with van der Waals surface area (Å²) in [7, 11) is 0. The van der Waals surface area contributed by atoms with Crippen LogP contribution >= 0.6 is 0 Å². The van der Waals surface area contributed by atoms with E-state index in [1.807, 2.05) is 13.8 Å². The Bertz CT molecular complexity index is 270. The number of rotatable bonds is 5. The summed E-state index contributed by atoms with van der Waals surface area (Å²) in [5, 5.41) is 6.31. The monoisotopic (exact) mass is 198 g/mol. The second kappa shape index (κ2) is 5.39. The molecule has 78 valence electrons. The smallest absolute Gasteiger partial charge is 0.246 e. The molecular weight excluding hydrogens is 184 g/mol. The molecule has 1 heterocycles. The van der Waals surface area contributed by atoms with Gasteiger partial charge >= 0.3 is 0 Å². The summed E-state index contributed by atoms with van der Waals surface area (Å²) in [5.41, 5.74) is 0.697. The van der Waals surface area contributed by atoms with E-state index in [-0.39, 0.29) is 18.6 Å². The van der Waals surface area contributed by atoms with E-state index < -0.39 is 0 Å². The first-order valence-corrected chi connectivity index (χ1v) is 4.46. The summed E-state index contributed by atoms with van der Waals surface area (Å²) in [6, 6.07) is 1.70. The SMILES string of the molecule is CC(C)OCC(=O)NCc1ccon1. The second-order valence-electron chi connectivity index (χ2n) is 3.13. The minimum Gasteiger partial charge on any atom is -0.369 e. The first-order valence-electron chi connectivity index (χ1n) is 4.46. The molecule has 14 heavy (non-hydrogen) atoms. The molecule has 1 aromatic rings. The van der Waals surface area contributed by atoms with Crippen molar-refractivity contribution in [2.75, 3.05) is 6.61 Å². The molecule has 0 atom stereocenters. The van der Waals surface area contributed by atoms with Crippen molar-refractivity contribution in [2.24, 2.45) is 0 Å². The maximum atomic E-state index is 11.1. The molecule has 0 aliphatic heterocycles. The van der Waals surface area contributed by atoms with Crippen LogP contribution in [0.3, 0.4) is 0 Å². The van der Waals surface area contributed by atoms with Crippen molar-refractivity contribution in [3.8, 4) is 0 Å². The number of amides is 1. The van der Waals surface area contributed by atoms with Crippen LogP contribution in [0, 0.1) is 0 Å². The molecule has 0 saturated carbocycles. The normalized spacial score (nSPS) is 10.5. The van der Waals surface area contributed by atoms with Crippen molar-refractivity contribution in [2.45, 2.75) is 26.5 Å². The minimum absolute atomic E-state index is 0.0628. The fourth-order valence-corrected chi connectivity index (χ4v) is 0.811. The molecule has 1 N–H and O–H groups in total. The zero-order chi connectivity index (χ0) is 10.4. The number of ether oxygens (including phenoxy) is 1. The van der Waals surface area contributed by atoms with Crippen LogP contribution in [-0.2, 0) is 16.1 Å². The second-order valence-corrected chi connectivity index (χ2v) is 3.13. The first kappa shape index (κ1) is 10.7. The molecular formula is C9H14N2O3. The molecule has 0 bridgehead atoms. The van der Waals surface area contributed by atoms with Gasteiger partial charge < -0.3 is 14.6 Å². The van der Waals surface area contributed by atoms with Crippen molar-refractivity contribution in [1.82, 2.24) is 10.5 Å². The van der Waals surface area contributed by atoms with Crippen LogP contribution in [0.25, 0.3) is 0 Å². The van der Waals surface area contributed by atoms with Gasteiger partial charge in [0.15, 0.2) is 0 Å². The first-order chi connectivity index (χ1) is 6.68. The van der Waals surface area contributed by atoms with Crippen LogP contribution in [0.1, 0.15) is 19.5 Å². The maximum Gasteiger partial charge on any atom is 0.246 e. The Kier molecular flexibility index (Phi) is 4.12. The molecule has 0 spiro atoms. The summed E-state index contributed by atoms with van der Waals surface area (Å²) in [4.78, 5) is 11.1. The van der Waals surface area contributed by atoms with Gasteiger partial charge in [-0.3, -0.25) is 4.79 Å². The van der Waals surface area contributed by atoms with Gasteiger partial charge in [0.05, 0.1) is 12.6 Å². The number of hydrogen-bond acceptors (Lipinski definition) is 4. The molecule has 5 heteroatoms. The van der Waals surface area contributed by atoms with E-state index in [0.29, 0.717) is 12.2 Å². The van der Waals surface area contributed by atoms with Gasteiger partial charge in [-0.2, -0.15) is 0 Å². The molecule has 1 aromatic heterocycles. The number of nitrogens with one attached hydrogen (secondary N) is 1. The number of carbonyl (C=O) groups excluding carboxylic acids is 1. The molecule has 0 unspecified atom stereocenters. The van der Waals surface area contributed by atoms with Crippen molar-refractivity contribution < 1.29 is 14.1 Å². The van der Waals surface area contributed by atoms with Gasteiger partial charge in [0.25, 0.3) is 0 Å². The molecule has 0 aliphatic carbocycles. The van der Waals surface area contributed by atoms with Crippen molar-refractivity contribution >= 4 is 5.91 Å². The van der Waals surface area contributed by atoms with E-state index in [0.717, 1.165) is 0 Å². The highest BCUT2D eigenvalue weighted by atomic mass is 16.5. The molecule has 0 saturated heterocycles. The Labute approximate surface area is 82.4 Å². The third-order valence-electron chi connectivity index (χ3n) is 1.51. The molecule has 0 fully saturated rings. The van der Waals surface area contributed by atoms with E-state index in [1.54, 1.807) is 6.07 Å². The topological polar surface area (TPSA) is 64.4 Å². The summed E-state index contributed by atoms with van der Waals surface area (Å²) in [5.74, 6) is -0.151. The average Bonchev–Trinajstić information content (AvgIpc) is 2.63. The van der Waals surface area contributed by atoms with Gasteiger partial charge in [0, 0.05) is 6.07 Å². The molecule has 5 nitrogen and oxygen atoms in total. The third-order valence-corrected chi connectivity index (χ3v) is 1.51. The number of carbonyl (C=O) groups is 1.